The molecule has 0 radical (unpaired) electrons. The van der Waals surface area contributed by atoms with Crippen LogP contribution >= 0.6 is 22.6 Å². The van der Waals surface area contributed by atoms with Crippen molar-refractivity contribution in [1.82, 2.24) is 9.97 Å². The quantitative estimate of drug-likeness (QED) is 0.863. The number of benzene rings is 1. The lowest BCUT2D eigenvalue weighted by Crippen LogP contribution is -2.13. The maximum atomic E-state index is 11.8. The fourth-order valence-electron chi connectivity index (χ4n) is 1.17. The molecule has 16 heavy (non-hydrogen) atoms. The molecule has 4 nitrogen and oxygen atoms in total. The molecule has 1 aromatic carbocycles. The first-order valence-electron chi connectivity index (χ1n) is 4.59. The largest absolute Gasteiger partial charge is 0.290 e. The highest BCUT2D eigenvalue weighted by molar-refractivity contribution is 14.1. The Hall–Kier alpha value is -1.50. The first-order valence-corrected chi connectivity index (χ1v) is 5.67. The van der Waals surface area contributed by atoms with Gasteiger partial charge in [0.25, 0.3) is 5.91 Å². The molecule has 0 aliphatic heterocycles. The van der Waals surface area contributed by atoms with E-state index in [1.165, 1.54) is 0 Å². The van der Waals surface area contributed by atoms with Gasteiger partial charge in [-0.3, -0.25) is 10.1 Å². The van der Waals surface area contributed by atoms with Gasteiger partial charge in [-0.05, 0) is 46.9 Å². The standard InChI is InChI=1S/C11H8IN3O/c12-9-4-1-3-8(7-9)10(16)15-11-13-5-2-6-14-11/h1-7H,(H,13,14,15,16). The topological polar surface area (TPSA) is 54.9 Å². The highest BCUT2D eigenvalue weighted by atomic mass is 127. The molecular weight excluding hydrogens is 317 g/mol. The molecule has 1 aromatic heterocycles. The zero-order chi connectivity index (χ0) is 11.4. The summed E-state index contributed by atoms with van der Waals surface area (Å²) in [5.74, 6) is 0.107. The molecule has 0 spiro atoms. The van der Waals surface area contributed by atoms with Crippen LogP contribution in [0.25, 0.3) is 0 Å². The zero-order valence-electron chi connectivity index (χ0n) is 8.22. The number of rotatable bonds is 2. The van der Waals surface area contributed by atoms with Crippen LogP contribution in [0.1, 0.15) is 10.4 Å². The van der Waals surface area contributed by atoms with Gasteiger partial charge >= 0.3 is 0 Å². The number of aromatic nitrogens is 2. The summed E-state index contributed by atoms with van der Waals surface area (Å²) < 4.78 is 1.01. The molecule has 2 aromatic rings. The lowest BCUT2D eigenvalue weighted by molar-refractivity contribution is 0.102. The van der Waals surface area contributed by atoms with Crippen LogP contribution in [-0.4, -0.2) is 15.9 Å². The van der Waals surface area contributed by atoms with E-state index in [9.17, 15) is 4.79 Å². The number of hydrogen-bond donors (Lipinski definition) is 1. The molecule has 0 saturated carbocycles. The highest BCUT2D eigenvalue weighted by Crippen LogP contribution is 2.09. The summed E-state index contributed by atoms with van der Waals surface area (Å²) in [4.78, 5) is 19.6. The molecule has 5 heteroatoms. The average molecular weight is 325 g/mol. The van der Waals surface area contributed by atoms with Gasteiger partial charge in [-0.25, -0.2) is 9.97 Å². The van der Waals surface area contributed by atoms with Gasteiger partial charge in [0.1, 0.15) is 0 Å². The number of carbonyl (C=O) groups is 1. The number of nitrogens with zero attached hydrogens (tertiary/aromatic N) is 2. The van der Waals surface area contributed by atoms with Crippen molar-refractivity contribution in [2.24, 2.45) is 0 Å². The van der Waals surface area contributed by atoms with Crippen molar-refractivity contribution < 1.29 is 4.79 Å². The second-order valence-electron chi connectivity index (χ2n) is 3.04. The molecule has 80 valence electrons. The minimum Gasteiger partial charge on any atom is -0.290 e. The van der Waals surface area contributed by atoms with Crippen molar-refractivity contribution in [3.8, 4) is 0 Å². The van der Waals surface area contributed by atoms with Gasteiger partial charge in [-0.2, -0.15) is 0 Å². The minimum atomic E-state index is -0.204. The molecule has 1 N–H and O–H groups in total. The van der Waals surface area contributed by atoms with E-state index in [2.05, 4.69) is 37.9 Å². The van der Waals surface area contributed by atoms with E-state index in [4.69, 9.17) is 0 Å². The minimum absolute atomic E-state index is 0.204. The number of amides is 1. The van der Waals surface area contributed by atoms with Crippen LogP contribution in [0.3, 0.4) is 0 Å². The molecule has 0 aliphatic carbocycles. The Kier molecular flexibility index (Phi) is 3.45. The van der Waals surface area contributed by atoms with E-state index in [1.807, 2.05) is 12.1 Å². The summed E-state index contributed by atoms with van der Waals surface area (Å²) in [5, 5.41) is 2.62. The van der Waals surface area contributed by atoms with Gasteiger partial charge < -0.3 is 0 Å². The van der Waals surface area contributed by atoms with Crippen LogP contribution < -0.4 is 5.32 Å². The molecule has 1 amide bonds. The molecule has 0 fully saturated rings. The third kappa shape index (κ3) is 2.75. The van der Waals surface area contributed by atoms with Gasteiger partial charge in [-0.1, -0.05) is 6.07 Å². The predicted octanol–water partition coefficient (Wildman–Crippen LogP) is 2.33. The Labute approximate surface area is 106 Å². The van der Waals surface area contributed by atoms with E-state index in [-0.39, 0.29) is 5.91 Å². The van der Waals surface area contributed by atoms with Crippen LogP contribution in [-0.2, 0) is 0 Å². The SMILES string of the molecule is O=C(Nc1ncccn1)c1cccc(I)c1. The number of anilines is 1. The summed E-state index contributed by atoms with van der Waals surface area (Å²) in [7, 11) is 0. The lowest BCUT2D eigenvalue weighted by atomic mass is 10.2. The number of carbonyl (C=O) groups excluding carboxylic acids is 1. The molecule has 0 bridgehead atoms. The summed E-state index contributed by atoms with van der Waals surface area (Å²) >= 11 is 2.16. The monoisotopic (exact) mass is 325 g/mol. The van der Waals surface area contributed by atoms with Crippen LogP contribution in [0.5, 0.6) is 0 Å². The van der Waals surface area contributed by atoms with E-state index >= 15 is 0 Å². The van der Waals surface area contributed by atoms with Crippen molar-refractivity contribution in [2.45, 2.75) is 0 Å². The Bertz CT molecular complexity index is 502. The normalized spacial score (nSPS) is 9.81. The number of nitrogens with one attached hydrogen (secondary N) is 1. The molecular formula is C11H8IN3O. The number of hydrogen-bond acceptors (Lipinski definition) is 3. The smallest absolute Gasteiger partial charge is 0.258 e. The van der Waals surface area contributed by atoms with Crippen molar-refractivity contribution in [1.29, 1.82) is 0 Å². The van der Waals surface area contributed by atoms with E-state index in [1.54, 1.807) is 30.6 Å². The second kappa shape index (κ2) is 5.02. The van der Waals surface area contributed by atoms with Crippen molar-refractivity contribution in [3.05, 3.63) is 51.9 Å². The molecule has 0 unspecified atom stereocenters. The number of halogens is 1. The van der Waals surface area contributed by atoms with Gasteiger partial charge in [-0.15, -0.1) is 0 Å². The van der Waals surface area contributed by atoms with Crippen molar-refractivity contribution in [2.75, 3.05) is 5.32 Å². The van der Waals surface area contributed by atoms with Gasteiger partial charge in [0, 0.05) is 21.5 Å². The summed E-state index contributed by atoms with van der Waals surface area (Å²) in [6.45, 7) is 0. The van der Waals surface area contributed by atoms with Crippen molar-refractivity contribution >= 4 is 34.4 Å². The van der Waals surface area contributed by atoms with Gasteiger partial charge in [0.2, 0.25) is 5.95 Å². The van der Waals surface area contributed by atoms with Crippen molar-refractivity contribution in [3.63, 3.8) is 0 Å². The fourth-order valence-corrected chi connectivity index (χ4v) is 1.71. The Morgan fingerprint density at radius 1 is 1.19 bits per heavy atom. The highest BCUT2D eigenvalue weighted by Gasteiger charge is 2.06. The molecule has 0 aliphatic rings. The molecule has 0 saturated heterocycles. The fraction of sp³-hybridized carbons (Fsp3) is 0. The summed E-state index contributed by atoms with van der Waals surface area (Å²) in [5.41, 5.74) is 0.597. The molecule has 1 heterocycles. The zero-order valence-corrected chi connectivity index (χ0v) is 10.4. The summed E-state index contributed by atoms with van der Waals surface area (Å²) in [6, 6.07) is 9.01. The Balaban J connectivity index is 2.15. The van der Waals surface area contributed by atoms with Gasteiger partial charge in [0.05, 0.1) is 0 Å². The Morgan fingerprint density at radius 3 is 2.62 bits per heavy atom. The van der Waals surface area contributed by atoms with Crippen LogP contribution in [0.4, 0.5) is 5.95 Å². The van der Waals surface area contributed by atoms with E-state index < -0.39 is 0 Å². The second-order valence-corrected chi connectivity index (χ2v) is 4.28. The average Bonchev–Trinajstić information content (AvgIpc) is 2.30. The predicted molar refractivity (Wildman–Crippen MR) is 69.1 cm³/mol. The maximum Gasteiger partial charge on any atom is 0.258 e. The van der Waals surface area contributed by atoms with Crippen LogP contribution in [0, 0.1) is 3.57 Å². The van der Waals surface area contributed by atoms with E-state index in [0.29, 0.717) is 11.5 Å². The lowest BCUT2D eigenvalue weighted by Gasteiger charge is -2.02. The van der Waals surface area contributed by atoms with E-state index in [0.717, 1.165) is 3.57 Å². The van der Waals surface area contributed by atoms with Crippen LogP contribution in [0.15, 0.2) is 42.7 Å². The first-order chi connectivity index (χ1) is 7.75. The first kappa shape index (κ1) is 11.0. The summed E-state index contributed by atoms with van der Waals surface area (Å²) in [6.07, 6.45) is 3.16. The molecule has 2 rings (SSSR count). The third-order valence-electron chi connectivity index (χ3n) is 1.88. The third-order valence-corrected chi connectivity index (χ3v) is 2.55. The molecule has 0 atom stereocenters. The van der Waals surface area contributed by atoms with Crippen LogP contribution in [0.2, 0.25) is 0 Å². The van der Waals surface area contributed by atoms with Gasteiger partial charge in [0.15, 0.2) is 0 Å². The Morgan fingerprint density at radius 2 is 1.94 bits per heavy atom. The maximum absolute atomic E-state index is 11.8.